The minimum atomic E-state index is -0.0324. The number of fused-ring (bicyclic) bond motifs is 3. The van der Waals surface area contributed by atoms with Gasteiger partial charge in [0.05, 0.1) is 6.04 Å². The monoisotopic (exact) mass is 318 g/mol. The van der Waals surface area contributed by atoms with Gasteiger partial charge in [-0.2, -0.15) is 0 Å². The molecule has 3 unspecified atom stereocenters. The molecule has 0 fully saturated rings. The van der Waals surface area contributed by atoms with E-state index in [1.807, 2.05) is 6.07 Å². The van der Waals surface area contributed by atoms with Crippen LogP contribution in [0.1, 0.15) is 42.0 Å². The topological polar surface area (TPSA) is 41.1 Å². The lowest BCUT2D eigenvalue weighted by atomic mass is 9.76. The Hall–Kier alpha value is -2.55. The van der Waals surface area contributed by atoms with Crippen LogP contribution in [0.15, 0.2) is 54.6 Å². The molecule has 0 radical (unpaired) electrons. The zero-order valence-electron chi connectivity index (χ0n) is 14.0. The zero-order valence-corrected chi connectivity index (χ0v) is 14.0. The average Bonchev–Trinajstić information content (AvgIpc) is 3.04. The van der Waals surface area contributed by atoms with Gasteiger partial charge in [-0.25, -0.2) is 0 Å². The van der Waals surface area contributed by atoms with E-state index in [1.165, 1.54) is 22.4 Å². The number of benzene rings is 2. The second-order valence-corrected chi connectivity index (χ2v) is 6.82. The van der Waals surface area contributed by atoms with Gasteiger partial charge < -0.3 is 10.6 Å². The van der Waals surface area contributed by atoms with Gasteiger partial charge in [0.2, 0.25) is 5.91 Å². The summed E-state index contributed by atoms with van der Waals surface area (Å²) in [5.74, 6) is 0.890. The van der Waals surface area contributed by atoms with E-state index in [-0.39, 0.29) is 5.91 Å². The van der Waals surface area contributed by atoms with Gasteiger partial charge >= 0.3 is 0 Å². The normalized spacial score (nSPS) is 24.0. The third-order valence-corrected chi connectivity index (χ3v) is 5.21. The summed E-state index contributed by atoms with van der Waals surface area (Å²) in [6, 6.07) is 15.1. The first-order valence-corrected chi connectivity index (χ1v) is 8.54. The number of hydrogen-bond donors (Lipinski definition) is 2. The van der Waals surface area contributed by atoms with E-state index in [4.69, 9.17) is 0 Å². The third-order valence-electron chi connectivity index (χ3n) is 5.21. The second kappa shape index (κ2) is 5.82. The Labute approximate surface area is 142 Å². The first-order valence-electron chi connectivity index (χ1n) is 8.54. The molecule has 1 aliphatic heterocycles. The maximum Gasteiger partial charge on any atom is 0.221 e. The van der Waals surface area contributed by atoms with E-state index >= 15 is 0 Å². The van der Waals surface area contributed by atoms with Crippen molar-refractivity contribution in [2.75, 3.05) is 10.6 Å². The molecule has 122 valence electrons. The van der Waals surface area contributed by atoms with Gasteiger partial charge in [0.15, 0.2) is 0 Å². The summed E-state index contributed by atoms with van der Waals surface area (Å²) >= 11 is 0. The SMILES string of the molecule is CC(=O)Nc1ccc2c(c1)C1C=CCC1C(c1ccccc1C)N2. The van der Waals surface area contributed by atoms with E-state index in [9.17, 15) is 4.79 Å². The highest BCUT2D eigenvalue weighted by molar-refractivity contribution is 5.89. The molecule has 2 N–H and O–H groups in total. The van der Waals surface area contributed by atoms with Crippen LogP contribution in [0, 0.1) is 12.8 Å². The van der Waals surface area contributed by atoms with Crippen molar-refractivity contribution in [1.29, 1.82) is 0 Å². The Morgan fingerprint density at radius 3 is 2.79 bits per heavy atom. The molecule has 3 nitrogen and oxygen atoms in total. The van der Waals surface area contributed by atoms with E-state index < -0.39 is 0 Å². The third kappa shape index (κ3) is 2.50. The molecule has 3 atom stereocenters. The molecule has 3 heteroatoms. The highest BCUT2D eigenvalue weighted by Crippen LogP contribution is 2.50. The fourth-order valence-electron chi connectivity index (χ4n) is 4.12. The number of allylic oxidation sites excluding steroid dienone is 2. The predicted octanol–water partition coefficient (Wildman–Crippen LogP) is 4.78. The van der Waals surface area contributed by atoms with Crippen molar-refractivity contribution in [3.8, 4) is 0 Å². The van der Waals surface area contributed by atoms with E-state index in [0.717, 1.165) is 12.1 Å². The van der Waals surface area contributed by atoms with Crippen LogP contribution in [0.25, 0.3) is 0 Å². The lowest BCUT2D eigenvalue weighted by Gasteiger charge is -2.38. The molecule has 2 aromatic carbocycles. The number of rotatable bonds is 2. The van der Waals surface area contributed by atoms with Crippen LogP contribution in [-0.4, -0.2) is 5.91 Å². The van der Waals surface area contributed by atoms with Gasteiger partial charge in [-0.1, -0.05) is 36.4 Å². The first-order chi connectivity index (χ1) is 11.6. The maximum absolute atomic E-state index is 11.3. The summed E-state index contributed by atoms with van der Waals surface area (Å²) < 4.78 is 0. The van der Waals surface area contributed by atoms with E-state index in [0.29, 0.717) is 17.9 Å². The van der Waals surface area contributed by atoms with Crippen molar-refractivity contribution in [2.24, 2.45) is 5.92 Å². The van der Waals surface area contributed by atoms with Crippen LogP contribution in [-0.2, 0) is 4.79 Å². The van der Waals surface area contributed by atoms with Gasteiger partial charge in [0, 0.05) is 24.2 Å². The fraction of sp³-hybridized carbons (Fsp3) is 0.286. The molecule has 1 aliphatic carbocycles. The van der Waals surface area contributed by atoms with Crippen LogP contribution < -0.4 is 10.6 Å². The number of aryl methyl sites for hydroxylation is 1. The van der Waals surface area contributed by atoms with Crippen LogP contribution in [0.3, 0.4) is 0 Å². The Morgan fingerprint density at radius 1 is 1.17 bits per heavy atom. The van der Waals surface area contributed by atoms with Gasteiger partial charge in [-0.3, -0.25) is 4.79 Å². The minimum absolute atomic E-state index is 0.0324. The predicted molar refractivity (Wildman–Crippen MR) is 98.3 cm³/mol. The Morgan fingerprint density at radius 2 is 2.00 bits per heavy atom. The summed E-state index contributed by atoms with van der Waals surface area (Å²) in [6.07, 6.45) is 5.70. The van der Waals surface area contributed by atoms with Gasteiger partial charge in [-0.05, 0) is 54.2 Å². The highest BCUT2D eigenvalue weighted by atomic mass is 16.1. The number of nitrogens with one attached hydrogen (secondary N) is 2. The molecule has 24 heavy (non-hydrogen) atoms. The second-order valence-electron chi connectivity index (χ2n) is 6.82. The van der Waals surface area contributed by atoms with Gasteiger partial charge in [0.25, 0.3) is 0 Å². The summed E-state index contributed by atoms with van der Waals surface area (Å²) in [5.41, 5.74) is 6.04. The number of anilines is 2. The van der Waals surface area contributed by atoms with Crippen molar-refractivity contribution in [3.05, 3.63) is 71.3 Å². The Kier molecular flexibility index (Phi) is 3.64. The Balaban J connectivity index is 1.75. The summed E-state index contributed by atoms with van der Waals surface area (Å²) in [4.78, 5) is 11.3. The molecule has 2 aromatic rings. The summed E-state index contributed by atoms with van der Waals surface area (Å²) in [7, 11) is 0. The smallest absolute Gasteiger partial charge is 0.221 e. The summed E-state index contributed by atoms with van der Waals surface area (Å²) in [6.45, 7) is 3.73. The van der Waals surface area contributed by atoms with Crippen LogP contribution >= 0.6 is 0 Å². The molecule has 0 saturated carbocycles. The molecule has 1 amide bonds. The highest BCUT2D eigenvalue weighted by Gasteiger charge is 2.38. The van der Waals surface area contributed by atoms with Crippen molar-refractivity contribution in [3.63, 3.8) is 0 Å². The number of hydrogen-bond acceptors (Lipinski definition) is 2. The lowest BCUT2D eigenvalue weighted by Crippen LogP contribution is -2.29. The molecule has 4 rings (SSSR count). The maximum atomic E-state index is 11.3. The molecular formula is C21H22N2O. The zero-order chi connectivity index (χ0) is 16.7. The molecule has 0 saturated heterocycles. The number of carbonyl (C=O) groups excluding carboxylic acids is 1. The average molecular weight is 318 g/mol. The molecular weight excluding hydrogens is 296 g/mol. The van der Waals surface area contributed by atoms with E-state index in [1.54, 1.807) is 6.92 Å². The van der Waals surface area contributed by atoms with Crippen molar-refractivity contribution < 1.29 is 4.79 Å². The quantitative estimate of drug-likeness (QED) is 0.782. The molecule has 0 aromatic heterocycles. The number of amides is 1. The van der Waals surface area contributed by atoms with Crippen LogP contribution in [0.2, 0.25) is 0 Å². The Bertz CT molecular complexity index is 824. The van der Waals surface area contributed by atoms with Crippen molar-refractivity contribution in [2.45, 2.75) is 32.2 Å². The molecule has 1 heterocycles. The lowest BCUT2D eigenvalue weighted by molar-refractivity contribution is -0.114. The molecule has 0 spiro atoms. The van der Waals surface area contributed by atoms with Gasteiger partial charge in [-0.15, -0.1) is 0 Å². The summed E-state index contributed by atoms with van der Waals surface area (Å²) in [5, 5.41) is 6.65. The van der Waals surface area contributed by atoms with Crippen LogP contribution in [0.4, 0.5) is 11.4 Å². The standard InChI is InChI=1S/C21H22N2O/c1-13-6-3-4-7-16(13)21-18-9-5-8-17(18)19-12-15(22-14(2)24)10-11-20(19)23-21/h3-8,10-12,17-18,21,23H,9H2,1-2H3,(H,22,24). The largest absolute Gasteiger partial charge is 0.378 e. The number of carbonyl (C=O) groups is 1. The van der Waals surface area contributed by atoms with E-state index in [2.05, 4.69) is 66.1 Å². The molecule has 0 bridgehead atoms. The minimum Gasteiger partial charge on any atom is -0.378 e. The van der Waals surface area contributed by atoms with Crippen LogP contribution in [0.5, 0.6) is 0 Å². The van der Waals surface area contributed by atoms with Crippen molar-refractivity contribution in [1.82, 2.24) is 0 Å². The van der Waals surface area contributed by atoms with Crippen molar-refractivity contribution >= 4 is 17.3 Å². The first kappa shape index (κ1) is 15.0. The van der Waals surface area contributed by atoms with Gasteiger partial charge in [0.1, 0.15) is 0 Å². The fourth-order valence-corrected chi connectivity index (χ4v) is 4.12. The molecule has 2 aliphatic rings.